The number of carbonyl (C=O) groups excluding carboxylic acids is 2. The molecule has 1 aliphatic rings. The number of aromatic nitrogens is 1. The monoisotopic (exact) mass is 320 g/mol. The van der Waals surface area contributed by atoms with Gasteiger partial charge in [0.2, 0.25) is 5.91 Å². The number of esters is 1. The van der Waals surface area contributed by atoms with Gasteiger partial charge in [-0.25, -0.2) is 4.79 Å². The lowest BCUT2D eigenvalue weighted by atomic mass is 10.2. The first kappa shape index (κ1) is 17.0. The summed E-state index contributed by atoms with van der Waals surface area (Å²) >= 11 is 0. The van der Waals surface area contributed by atoms with Crippen molar-refractivity contribution in [2.24, 2.45) is 0 Å². The van der Waals surface area contributed by atoms with Gasteiger partial charge in [0, 0.05) is 18.7 Å². The van der Waals surface area contributed by atoms with E-state index in [4.69, 9.17) is 9.47 Å². The number of H-pyrrole nitrogens is 1. The highest BCUT2D eigenvalue weighted by Crippen LogP contribution is 2.22. The number of hydrogen-bond acceptors (Lipinski definition) is 6. The first-order chi connectivity index (χ1) is 11.1. The van der Waals surface area contributed by atoms with Crippen LogP contribution < -0.4 is 5.32 Å². The van der Waals surface area contributed by atoms with Gasteiger partial charge in [-0.05, 0) is 13.8 Å². The molecular weight excluding hydrogens is 300 g/mol. The van der Waals surface area contributed by atoms with Crippen LogP contribution in [-0.2, 0) is 14.3 Å². The summed E-state index contributed by atoms with van der Waals surface area (Å²) in [4.78, 5) is 28.7. The Balaban J connectivity index is 2.09. The summed E-state index contributed by atoms with van der Waals surface area (Å²) < 4.78 is 10.2. The number of nitrogens with zero attached hydrogens (tertiary/aromatic N) is 2. The molecule has 1 saturated heterocycles. The summed E-state index contributed by atoms with van der Waals surface area (Å²) in [6.45, 7) is 6.37. The largest absolute Gasteiger partial charge is 0.461 e. The Hall–Kier alpha value is -2.37. The summed E-state index contributed by atoms with van der Waals surface area (Å²) in [7, 11) is 0. The van der Waals surface area contributed by atoms with Crippen molar-refractivity contribution in [1.82, 2.24) is 9.88 Å². The van der Waals surface area contributed by atoms with Crippen molar-refractivity contribution in [3.05, 3.63) is 16.8 Å². The average molecular weight is 320 g/mol. The summed E-state index contributed by atoms with van der Waals surface area (Å²) in [6.07, 6.45) is 0. The Morgan fingerprint density at radius 1 is 1.43 bits per heavy atom. The van der Waals surface area contributed by atoms with E-state index in [-0.39, 0.29) is 36.1 Å². The molecule has 0 saturated carbocycles. The number of ether oxygens (including phenoxy) is 2. The smallest absolute Gasteiger partial charge is 0.355 e. The minimum absolute atomic E-state index is 0.185. The van der Waals surface area contributed by atoms with Crippen molar-refractivity contribution in [3.63, 3.8) is 0 Å². The maximum absolute atomic E-state index is 12.1. The quantitative estimate of drug-likeness (QED) is 0.771. The molecule has 0 unspecified atom stereocenters. The van der Waals surface area contributed by atoms with Crippen LogP contribution in [0.1, 0.15) is 28.5 Å². The molecule has 0 aromatic carbocycles. The second kappa shape index (κ2) is 7.76. The van der Waals surface area contributed by atoms with E-state index >= 15 is 0 Å². The normalized spacial score (nSPS) is 15.0. The van der Waals surface area contributed by atoms with E-state index in [1.807, 2.05) is 11.0 Å². The van der Waals surface area contributed by atoms with E-state index in [1.54, 1.807) is 13.8 Å². The molecule has 2 N–H and O–H groups in total. The maximum atomic E-state index is 12.1. The van der Waals surface area contributed by atoms with Gasteiger partial charge in [-0.1, -0.05) is 0 Å². The van der Waals surface area contributed by atoms with Crippen LogP contribution in [0.2, 0.25) is 0 Å². The molecule has 1 fully saturated rings. The molecule has 124 valence electrons. The lowest BCUT2D eigenvalue weighted by molar-refractivity contribution is -0.118. The summed E-state index contributed by atoms with van der Waals surface area (Å²) in [6, 6.07) is 2.00. The van der Waals surface area contributed by atoms with Crippen LogP contribution in [0.4, 0.5) is 5.82 Å². The zero-order valence-corrected chi connectivity index (χ0v) is 13.3. The predicted molar refractivity (Wildman–Crippen MR) is 82.1 cm³/mol. The Morgan fingerprint density at radius 2 is 2.13 bits per heavy atom. The molecular formula is C15H20N4O4. The van der Waals surface area contributed by atoms with Gasteiger partial charge < -0.3 is 19.8 Å². The van der Waals surface area contributed by atoms with Gasteiger partial charge in [-0.3, -0.25) is 9.69 Å². The van der Waals surface area contributed by atoms with Crippen LogP contribution in [0.15, 0.2) is 0 Å². The number of morpholine rings is 1. The van der Waals surface area contributed by atoms with E-state index in [1.165, 1.54) is 0 Å². The SMILES string of the molecule is CCOC(=O)c1[nH]c(NC(=O)CN2CCOCC2)c(C#N)c1C. The van der Waals surface area contributed by atoms with Gasteiger partial charge in [-0.2, -0.15) is 5.26 Å². The Kier molecular flexibility index (Phi) is 5.73. The minimum Gasteiger partial charge on any atom is -0.461 e. The molecule has 0 spiro atoms. The molecule has 8 heteroatoms. The Morgan fingerprint density at radius 3 is 2.74 bits per heavy atom. The van der Waals surface area contributed by atoms with Crippen LogP contribution in [0, 0.1) is 18.3 Å². The third-order valence-corrected chi connectivity index (χ3v) is 3.58. The average Bonchev–Trinajstić information content (AvgIpc) is 2.84. The number of hydrogen-bond donors (Lipinski definition) is 2. The fourth-order valence-electron chi connectivity index (χ4n) is 2.38. The highest BCUT2D eigenvalue weighted by atomic mass is 16.5. The summed E-state index contributed by atoms with van der Waals surface area (Å²) in [5, 5.41) is 11.9. The first-order valence-corrected chi connectivity index (χ1v) is 7.46. The Bertz CT molecular complexity index is 626. The third-order valence-electron chi connectivity index (χ3n) is 3.58. The second-order valence-corrected chi connectivity index (χ2v) is 5.14. The van der Waals surface area contributed by atoms with E-state index < -0.39 is 5.97 Å². The zero-order chi connectivity index (χ0) is 16.8. The fourth-order valence-corrected chi connectivity index (χ4v) is 2.38. The van der Waals surface area contributed by atoms with Crippen LogP contribution in [-0.4, -0.2) is 61.2 Å². The molecule has 1 aromatic heterocycles. The first-order valence-electron chi connectivity index (χ1n) is 7.46. The van der Waals surface area contributed by atoms with E-state index in [9.17, 15) is 14.9 Å². The molecule has 2 rings (SSSR count). The molecule has 1 aromatic rings. The van der Waals surface area contributed by atoms with Crippen molar-refractivity contribution in [2.45, 2.75) is 13.8 Å². The predicted octanol–water partition coefficient (Wildman–Crippen LogP) is 0.642. The minimum atomic E-state index is -0.546. The van der Waals surface area contributed by atoms with Gasteiger partial charge in [-0.15, -0.1) is 0 Å². The second-order valence-electron chi connectivity index (χ2n) is 5.14. The maximum Gasteiger partial charge on any atom is 0.355 e. The molecule has 23 heavy (non-hydrogen) atoms. The van der Waals surface area contributed by atoms with Gasteiger partial charge in [0.1, 0.15) is 17.6 Å². The summed E-state index contributed by atoms with van der Waals surface area (Å²) in [5.41, 5.74) is 0.890. The molecule has 8 nitrogen and oxygen atoms in total. The molecule has 0 atom stereocenters. The van der Waals surface area contributed by atoms with Gasteiger partial charge in [0.15, 0.2) is 0 Å². The van der Waals surface area contributed by atoms with Crippen molar-refractivity contribution in [2.75, 3.05) is 44.8 Å². The molecule has 1 amide bonds. The van der Waals surface area contributed by atoms with Crippen molar-refractivity contribution >= 4 is 17.7 Å². The topological polar surface area (TPSA) is 107 Å². The molecule has 0 radical (unpaired) electrons. The number of nitriles is 1. The molecule has 0 bridgehead atoms. The third kappa shape index (κ3) is 4.09. The summed E-state index contributed by atoms with van der Waals surface area (Å²) in [5.74, 6) is -0.568. The van der Waals surface area contributed by atoms with Gasteiger partial charge in [0.05, 0.1) is 31.9 Å². The molecule has 2 heterocycles. The van der Waals surface area contributed by atoms with Crippen LogP contribution in [0.3, 0.4) is 0 Å². The molecule has 0 aliphatic carbocycles. The number of aromatic amines is 1. The lowest BCUT2D eigenvalue weighted by Crippen LogP contribution is -2.41. The van der Waals surface area contributed by atoms with Crippen LogP contribution in [0.5, 0.6) is 0 Å². The highest BCUT2D eigenvalue weighted by Gasteiger charge is 2.22. The number of rotatable bonds is 5. The van der Waals surface area contributed by atoms with E-state index in [0.717, 1.165) is 0 Å². The number of anilines is 1. The number of amides is 1. The van der Waals surface area contributed by atoms with Gasteiger partial charge >= 0.3 is 5.97 Å². The van der Waals surface area contributed by atoms with E-state index in [0.29, 0.717) is 31.9 Å². The van der Waals surface area contributed by atoms with E-state index in [2.05, 4.69) is 10.3 Å². The van der Waals surface area contributed by atoms with Crippen molar-refractivity contribution in [1.29, 1.82) is 5.26 Å². The number of carbonyl (C=O) groups is 2. The molecule has 1 aliphatic heterocycles. The van der Waals surface area contributed by atoms with Crippen molar-refractivity contribution < 1.29 is 19.1 Å². The zero-order valence-electron chi connectivity index (χ0n) is 13.3. The lowest BCUT2D eigenvalue weighted by Gasteiger charge is -2.25. The van der Waals surface area contributed by atoms with Gasteiger partial charge in [0.25, 0.3) is 0 Å². The fraction of sp³-hybridized carbons (Fsp3) is 0.533. The van der Waals surface area contributed by atoms with Crippen LogP contribution >= 0.6 is 0 Å². The highest BCUT2D eigenvalue weighted by molar-refractivity contribution is 5.96. The Labute approximate surface area is 134 Å². The number of nitrogens with one attached hydrogen (secondary N) is 2. The standard InChI is InChI=1S/C15H20N4O4/c1-3-23-15(21)13-10(2)11(8-16)14(18-13)17-12(20)9-19-4-6-22-7-5-19/h18H,3-7,9H2,1-2H3,(H,17,20). The van der Waals surface area contributed by atoms with Crippen LogP contribution in [0.25, 0.3) is 0 Å². The van der Waals surface area contributed by atoms with Crippen molar-refractivity contribution in [3.8, 4) is 6.07 Å².